The third kappa shape index (κ3) is 3.38. The first-order chi connectivity index (χ1) is 13.2. The van der Waals surface area contributed by atoms with Crippen molar-refractivity contribution >= 4 is 38.2 Å². The Labute approximate surface area is 169 Å². The van der Waals surface area contributed by atoms with Crippen molar-refractivity contribution in [3.05, 3.63) is 75.9 Å². The van der Waals surface area contributed by atoms with Crippen LogP contribution in [-0.4, -0.2) is 29.8 Å². The summed E-state index contributed by atoms with van der Waals surface area (Å²) in [5, 5.41) is 5.67. The number of fused-ring (bicyclic) bond motifs is 1. The van der Waals surface area contributed by atoms with Crippen molar-refractivity contribution in [1.29, 1.82) is 0 Å². The Morgan fingerprint density at radius 2 is 1.82 bits per heavy atom. The minimum atomic E-state index is -3.57. The molecule has 1 atom stereocenters. The molecule has 0 aliphatic carbocycles. The molecule has 0 amide bonds. The van der Waals surface area contributed by atoms with Crippen LogP contribution >= 0.6 is 11.6 Å². The van der Waals surface area contributed by atoms with Crippen LogP contribution in [0.4, 0.5) is 0 Å². The number of para-hydroxylation sites is 1. The van der Waals surface area contributed by atoms with Gasteiger partial charge in [-0.25, -0.2) is 13.4 Å². The van der Waals surface area contributed by atoms with E-state index in [0.717, 1.165) is 44.0 Å². The molecule has 1 aromatic heterocycles. The molecule has 1 aliphatic heterocycles. The molecule has 4 rings (SSSR count). The Morgan fingerprint density at radius 3 is 2.50 bits per heavy atom. The van der Waals surface area contributed by atoms with Crippen LogP contribution in [0.5, 0.6) is 0 Å². The van der Waals surface area contributed by atoms with Gasteiger partial charge in [-0.1, -0.05) is 59.6 Å². The number of aryl methyl sites for hydroxylation is 2. The summed E-state index contributed by atoms with van der Waals surface area (Å²) < 4.78 is 26.0. The molecule has 28 heavy (non-hydrogen) atoms. The van der Waals surface area contributed by atoms with E-state index in [1.807, 2.05) is 62.4 Å². The van der Waals surface area contributed by atoms with Crippen molar-refractivity contribution in [2.45, 2.75) is 26.3 Å². The zero-order valence-electron chi connectivity index (χ0n) is 15.8. The number of halogens is 1. The first kappa shape index (κ1) is 18.9. The number of sulfonamides is 1. The molecule has 0 bridgehead atoms. The first-order valence-corrected chi connectivity index (χ1v) is 11.2. The van der Waals surface area contributed by atoms with Crippen LogP contribution in [0, 0.1) is 13.8 Å². The molecule has 0 spiro atoms. The second-order valence-electron chi connectivity index (χ2n) is 7.18. The molecule has 144 valence electrons. The molecule has 2 heterocycles. The second kappa shape index (κ2) is 6.87. The van der Waals surface area contributed by atoms with Gasteiger partial charge in [0.2, 0.25) is 10.0 Å². The fourth-order valence-electron chi connectivity index (χ4n) is 3.52. The molecule has 1 unspecified atom stereocenters. The van der Waals surface area contributed by atoms with E-state index in [9.17, 15) is 8.42 Å². The summed E-state index contributed by atoms with van der Waals surface area (Å²) in [6.45, 7) is 3.98. The lowest BCUT2D eigenvalue weighted by Gasteiger charge is -2.22. The lowest BCUT2D eigenvalue weighted by atomic mass is 9.98. The highest BCUT2D eigenvalue weighted by molar-refractivity contribution is 7.88. The Bertz CT molecular complexity index is 1200. The van der Waals surface area contributed by atoms with Crippen molar-refractivity contribution in [3.63, 3.8) is 0 Å². The standard InChI is InChI=1S/C21H20ClN3O2S/c1-13-7-9-15(10-8-13)18-12-19(25(24-18)28(3,26)27)17-11-16-6-4-5-14(2)20(16)23-21(17)22/h4-11,19H,12H2,1-3H3. The van der Waals surface area contributed by atoms with Gasteiger partial charge in [-0.05, 0) is 31.0 Å². The van der Waals surface area contributed by atoms with E-state index in [2.05, 4.69) is 10.1 Å². The monoisotopic (exact) mass is 413 g/mol. The second-order valence-corrected chi connectivity index (χ2v) is 9.38. The van der Waals surface area contributed by atoms with E-state index in [4.69, 9.17) is 11.6 Å². The SMILES string of the molecule is Cc1ccc(C2=NN(S(C)(=O)=O)C(c3cc4cccc(C)c4nc3Cl)C2)cc1. The number of hydrogen-bond acceptors (Lipinski definition) is 4. The maximum absolute atomic E-state index is 12.4. The van der Waals surface area contributed by atoms with Gasteiger partial charge in [-0.3, -0.25) is 0 Å². The third-order valence-electron chi connectivity index (χ3n) is 4.98. The minimum Gasteiger partial charge on any atom is -0.235 e. The van der Waals surface area contributed by atoms with Gasteiger partial charge in [0.15, 0.2) is 0 Å². The number of pyridine rings is 1. The van der Waals surface area contributed by atoms with E-state index in [-0.39, 0.29) is 0 Å². The Kier molecular flexibility index (Phi) is 4.63. The van der Waals surface area contributed by atoms with Crippen LogP contribution in [0.3, 0.4) is 0 Å². The molecule has 7 heteroatoms. The van der Waals surface area contributed by atoms with Gasteiger partial charge in [0.05, 0.1) is 23.5 Å². The average Bonchev–Trinajstić information content (AvgIpc) is 3.08. The third-order valence-corrected chi connectivity index (χ3v) is 6.30. The van der Waals surface area contributed by atoms with Crippen LogP contribution in [-0.2, 0) is 10.0 Å². The van der Waals surface area contributed by atoms with Crippen molar-refractivity contribution in [3.8, 4) is 0 Å². The summed E-state index contributed by atoms with van der Waals surface area (Å²) in [7, 11) is -3.57. The van der Waals surface area contributed by atoms with E-state index in [0.29, 0.717) is 17.1 Å². The van der Waals surface area contributed by atoms with Crippen LogP contribution in [0.1, 0.15) is 34.7 Å². The molecule has 2 aromatic carbocycles. The highest BCUT2D eigenvalue weighted by atomic mass is 35.5. The average molecular weight is 414 g/mol. The van der Waals surface area contributed by atoms with E-state index in [1.54, 1.807) is 0 Å². The van der Waals surface area contributed by atoms with Gasteiger partial charge in [0.25, 0.3) is 0 Å². The van der Waals surface area contributed by atoms with Crippen LogP contribution < -0.4 is 0 Å². The van der Waals surface area contributed by atoms with Crippen molar-refractivity contribution in [1.82, 2.24) is 9.40 Å². The molecule has 0 N–H and O–H groups in total. The topological polar surface area (TPSA) is 62.6 Å². The van der Waals surface area contributed by atoms with Crippen molar-refractivity contribution in [2.75, 3.05) is 6.26 Å². The minimum absolute atomic E-state index is 0.306. The zero-order valence-corrected chi connectivity index (χ0v) is 17.4. The number of hydrazone groups is 1. The molecule has 5 nitrogen and oxygen atoms in total. The van der Waals surface area contributed by atoms with Gasteiger partial charge < -0.3 is 0 Å². The quantitative estimate of drug-likeness (QED) is 0.589. The summed E-state index contributed by atoms with van der Waals surface area (Å²) in [6.07, 6.45) is 1.60. The molecule has 0 radical (unpaired) electrons. The Morgan fingerprint density at radius 1 is 1.11 bits per heavy atom. The number of benzene rings is 2. The highest BCUT2D eigenvalue weighted by Gasteiger charge is 2.36. The van der Waals surface area contributed by atoms with Crippen molar-refractivity contribution in [2.24, 2.45) is 5.10 Å². The fraction of sp³-hybridized carbons (Fsp3) is 0.238. The molecule has 0 fully saturated rings. The van der Waals surface area contributed by atoms with E-state index in [1.165, 1.54) is 0 Å². The number of nitrogens with zero attached hydrogens (tertiary/aromatic N) is 3. The molecular weight excluding hydrogens is 394 g/mol. The summed E-state index contributed by atoms with van der Waals surface area (Å²) in [5.41, 5.74) is 5.26. The fourth-order valence-corrected chi connectivity index (χ4v) is 4.68. The normalized spacial score (nSPS) is 17.2. The van der Waals surface area contributed by atoms with E-state index >= 15 is 0 Å². The van der Waals surface area contributed by atoms with Crippen LogP contribution in [0.25, 0.3) is 10.9 Å². The first-order valence-electron chi connectivity index (χ1n) is 8.94. The largest absolute Gasteiger partial charge is 0.247 e. The van der Waals surface area contributed by atoms with Gasteiger partial charge in [0, 0.05) is 17.4 Å². The predicted molar refractivity (Wildman–Crippen MR) is 113 cm³/mol. The van der Waals surface area contributed by atoms with Crippen LogP contribution in [0.2, 0.25) is 5.15 Å². The molecule has 0 saturated heterocycles. The smallest absolute Gasteiger partial charge is 0.235 e. The van der Waals surface area contributed by atoms with Crippen LogP contribution in [0.15, 0.2) is 53.6 Å². The number of hydrogen-bond donors (Lipinski definition) is 0. The summed E-state index contributed by atoms with van der Waals surface area (Å²) in [6, 6.07) is 15.2. The van der Waals surface area contributed by atoms with Gasteiger partial charge >= 0.3 is 0 Å². The predicted octanol–water partition coefficient (Wildman–Crippen LogP) is 4.62. The molecule has 3 aromatic rings. The lowest BCUT2D eigenvalue weighted by molar-refractivity contribution is 0.374. The Hall–Kier alpha value is -2.44. The summed E-state index contributed by atoms with van der Waals surface area (Å²) in [4.78, 5) is 4.54. The zero-order chi connectivity index (χ0) is 20.1. The van der Waals surface area contributed by atoms with E-state index < -0.39 is 16.1 Å². The lowest BCUT2D eigenvalue weighted by Crippen LogP contribution is -2.26. The molecule has 1 aliphatic rings. The maximum atomic E-state index is 12.4. The summed E-state index contributed by atoms with van der Waals surface area (Å²) in [5.74, 6) is 0. The number of rotatable bonds is 3. The van der Waals surface area contributed by atoms with Gasteiger partial charge in [0.1, 0.15) is 5.15 Å². The maximum Gasteiger partial charge on any atom is 0.247 e. The Balaban J connectivity index is 1.82. The highest BCUT2D eigenvalue weighted by Crippen LogP contribution is 2.38. The van der Waals surface area contributed by atoms with Gasteiger partial charge in [-0.15, -0.1) is 0 Å². The molecule has 0 saturated carbocycles. The van der Waals surface area contributed by atoms with Gasteiger partial charge in [-0.2, -0.15) is 9.52 Å². The van der Waals surface area contributed by atoms with Crippen molar-refractivity contribution < 1.29 is 8.42 Å². The number of aromatic nitrogens is 1. The summed E-state index contributed by atoms with van der Waals surface area (Å²) >= 11 is 6.50. The molecular formula is C21H20ClN3O2S.